The summed E-state index contributed by atoms with van der Waals surface area (Å²) in [6.07, 6.45) is 0. The summed E-state index contributed by atoms with van der Waals surface area (Å²) < 4.78 is 0. The number of halogens is 1. The number of aliphatic imine (C=N–C) groups is 2. The number of nitrogens with zero attached hydrogens (tertiary/aromatic N) is 2. The van der Waals surface area contributed by atoms with Crippen molar-refractivity contribution in [1.82, 2.24) is 10.6 Å². The molecule has 3 aromatic carbocycles. The molecule has 0 radical (unpaired) electrons. The first kappa shape index (κ1) is 32.6. The van der Waals surface area contributed by atoms with E-state index >= 15 is 0 Å². The third-order valence-electron chi connectivity index (χ3n) is 5.54. The number of carbonyl (C=O) groups excluding carboxylic acids is 2. The average Bonchev–Trinajstić information content (AvgIpc) is 2.96. The van der Waals surface area contributed by atoms with Crippen LogP contribution in [0, 0.1) is 0 Å². The zero-order chi connectivity index (χ0) is 28.7. The lowest BCUT2D eigenvalue weighted by atomic mass is 10.1. The van der Waals surface area contributed by atoms with Crippen LogP contribution in [0.25, 0.3) is 0 Å². The van der Waals surface area contributed by atoms with E-state index in [-0.39, 0.29) is 24.2 Å². The Labute approximate surface area is 247 Å². The Hall–Kier alpha value is -4.57. The molecular weight excluding hydrogens is 540 g/mol. The van der Waals surface area contributed by atoms with Gasteiger partial charge in [-0.3, -0.25) is 19.6 Å². The molecule has 0 bridgehead atoms. The van der Waals surface area contributed by atoms with Gasteiger partial charge in [0.1, 0.15) is 0 Å². The van der Waals surface area contributed by atoms with Gasteiger partial charge in [0.15, 0.2) is 11.9 Å². The van der Waals surface area contributed by atoms with Crippen LogP contribution in [0.3, 0.4) is 0 Å². The van der Waals surface area contributed by atoms with E-state index in [1.165, 1.54) is 0 Å². The predicted octanol–water partition coefficient (Wildman–Crippen LogP) is 5.41. The Morgan fingerprint density at radius 3 is 1.07 bits per heavy atom. The summed E-state index contributed by atoms with van der Waals surface area (Å²) in [5, 5.41) is 18.6. The van der Waals surface area contributed by atoms with Crippen LogP contribution in [-0.4, -0.2) is 49.9 Å². The van der Waals surface area contributed by atoms with Crippen molar-refractivity contribution in [3.05, 3.63) is 83.9 Å². The first-order valence-electron chi connectivity index (χ1n) is 13.5. The molecule has 0 fully saturated rings. The lowest BCUT2D eigenvalue weighted by molar-refractivity contribution is 0.101. The summed E-state index contributed by atoms with van der Waals surface area (Å²) in [6.45, 7) is 10.8. The van der Waals surface area contributed by atoms with E-state index in [0.717, 1.165) is 24.5 Å². The van der Waals surface area contributed by atoms with Crippen molar-refractivity contribution < 1.29 is 9.59 Å². The molecule has 0 atom stereocenters. The largest absolute Gasteiger partial charge is 0.356 e. The molecule has 0 unspecified atom stereocenters. The lowest BCUT2D eigenvalue weighted by Gasteiger charge is -2.12. The summed E-state index contributed by atoms with van der Waals surface area (Å²) in [4.78, 5) is 34.2. The topological polar surface area (TPSA) is 131 Å². The maximum absolute atomic E-state index is 12.7. The van der Waals surface area contributed by atoms with Gasteiger partial charge in [-0.25, -0.2) is 0 Å². The minimum absolute atomic E-state index is 0. The van der Waals surface area contributed by atoms with E-state index in [9.17, 15) is 9.59 Å². The zero-order valence-corrected chi connectivity index (χ0v) is 24.7. The van der Waals surface area contributed by atoms with Gasteiger partial charge >= 0.3 is 0 Å². The summed E-state index contributed by atoms with van der Waals surface area (Å²) in [6, 6.07) is 21.3. The van der Waals surface area contributed by atoms with Gasteiger partial charge < -0.3 is 31.9 Å². The second kappa shape index (κ2) is 17.2. The van der Waals surface area contributed by atoms with Crippen LogP contribution in [0.4, 0.5) is 22.7 Å². The Bertz CT molecular complexity index is 1210. The molecule has 0 saturated carbocycles. The van der Waals surface area contributed by atoms with Crippen LogP contribution in [0.1, 0.15) is 48.4 Å². The molecule has 41 heavy (non-hydrogen) atoms. The highest BCUT2D eigenvalue weighted by Gasteiger charge is 2.10. The third kappa shape index (κ3) is 10.5. The first-order chi connectivity index (χ1) is 19.4. The van der Waals surface area contributed by atoms with Crippen LogP contribution in [0.15, 0.2) is 82.8 Å². The monoisotopic (exact) mass is 578 g/mol. The Kier molecular flexibility index (Phi) is 13.7. The van der Waals surface area contributed by atoms with E-state index in [2.05, 4.69) is 41.9 Å². The van der Waals surface area contributed by atoms with Gasteiger partial charge in [-0.1, -0.05) is 0 Å². The van der Waals surface area contributed by atoms with Crippen molar-refractivity contribution in [2.75, 3.05) is 47.4 Å². The van der Waals surface area contributed by atoms with E-state index in [1.54, 1.807) is 24.3 Å². The van der Waals surface area contributed by atoms with Crippen molar-refractivity contribution >= 4 is 58.9 Å². The van der Waals surface area contributed by atoms with Gasteiger partial charge in [0, 0.05) is 60.1 Å². The smallest absolute Gasteiger partial charge is 0.255 e. The fourth-order valence-corrected chi connectivity index (χ4v) is 3.66. The van der Waals surface area contributed by atoms with Gasteiger partial charge in [-0.2, -0.15) is 0 Å². The van der Waals surface area contributed by atoms with Gasteiger partial charge in [-0.15, -0.1) is 12.4 Å². The minimum Gasteiger partial charge on any atom is -0.356 e. The second-order valence-electron chi connectivity index (χ2n) is 8.60. The number of carbonyl (C=O) groups is 2. The summed E-state index contributed by atoms with van der Waals surface area (Å²) in [7, 11) is 0. The van der Waals surface area contributed by atoms with Crippen LogP contribution < -0.4 is 31.9 Å². The number of guanidine groups is 2. The highest BCUT2D eigenvalue weighted by Crippen LogP contribution is 2.17. The van der Waals surface area contributed by atoms with Crippen LogP contribution >= 0.6 is 12.4 Å². The van der Waals surface area contributed by atoms with Crippen molar-refractivity contribution in [3.63, 3.8) is 0 Å². The summed E-state index contributed by atoms with van der Waals surface area (Å²) >= 11 is 0. The molecule has 218 valence electrons. The molecule has 0 aliphatic heterocycles. The quantitative estimate of drug-likeness (QED) is 0.141. The average molecular weight is 579 g/mol. The molecular formula is C30H39ClN8O2. The maximum atomic E-state index is 12.7. The van der Waals surface area contributed by atoms with Gasteiger partial charge in [0.25, 0.3) is 11.8 Å². The molecule has 0 aliphatic carbocycles. The van der Waals surface area contributed by atoms with Crippen molar-refractivity contribution in [3.8, 4) is 0 Å². The van der Waals surface area contributed by atoms with Crippen molar-refractivity contribution in [2.24, 2.45) is 9.98 Å². The number of hydrogen-bond acceptors (Lipinski definition) is 4. The number of amides is 2. The Morgan fingerprint density at radius 2 is 0.805 bits per heavy atom. The van der Waals surface area contributed by atoms with E-state index in [4.69, 9.17) is 0 Å². The number of rotatable bonds is 10. The van der Waals surface area contributed by atoms with Crippen molar-refractivity contribution in [1.29, 1.82) is 0 Å². The molecule has 0 spiro atoms. The van der Waals surface area contributed by atoms with Crippen LogP contribution in [-0.2, 0) is 0 Å². The standard InChI is InChI=1S/C30H38N8O2.ClH/c1-5-31-29(32-6-2)37-25-17-13-23(14-18-25)35-27(39)21-9-11-22(12-10-21)28(40)36-24-15-19-26(20-16-24)38-30(33-7-3)34-8-4;/h9-20H,5-8H2,1-4H3,(H,35,39)(H,36,40)(H2,31,32,37)(H2,33,34,38);1H. The van der Waals surface area contributed by atoms with Crippen LogP contribution in [0.5, 0.6) is 0 Å². The maximum Gasteiger partial charge on any atom is 0.255 e. The third-order valence-corrected chi connectivity index (χ3v) is 5.54. The van der Waals surface area contributed by atoms with E-state index in [1.807, 2.05) is 76.2 Å². The molecule has 3 rings (SSSR count). The molecule has 0 aliphatic rings. The van der Waals surface area contributed by atoms with E-state index in [0.29, 0.717) is 47.5 Å². The molecule has 11 heteroatoms. The number of benzene rings is 3. The number of hydrogen-bond donors (Lipinski definition) is 6. The molecule has 0 heterocycles. The van der Waals surface area contributed by atoms with Gasteiger partial charge in [-0.05, 0) is 100 Å². The van der Waals surface area contributed by atoms with Gasteiger partial charge in [0.2, 0.25) is 0 Å². The van der Waals surface area contributed by atoms with Crippen molar-refractivity contribution in [2.45, 2.75) is 27.7 Å². The van der Waals surface area contributed by atoms with Crippen LogP contribution in [0.2, 0.25) is 0 Å². The Morgan fingerprint density at radius 1 is 0.512 bits per heavy atom. The highest BCUT2D eigenvalue weighted by atomic mass is 35.5. The molecule has 0 aromatic heterocycles. The highest BCUT2D eigenvalue weighted by molar-refractivity contribution is 6.07. The molecule has 0 saturated heterocycles. The molecule has 6 N–H and O–H groups in total. The normalized spacial score (nSPS) is 11.1. The fourth-order valence-electron chi connectivity index (χ4n) is 3.66. The second-order valence-corrected chi connectivity index (χ2v) is 8.60. The fraction of sp³-hybridized carbons (Fsp3) is 0.267. The lowest BCUT2D eigenvalue weighted by Crippen LogP contribution is -2.30. The number of nitrogens with one attached hydrogen (secondary N) is 6. The molecule has 2 amide bonds. The summed E-state index contributed by atoms with van der Waals surface area (Å²) in [5.74, 6) is 0.882. The zero-order valence-electron chi connectivity index (χ0n) is 23.9. The minimum atomic E-state index is -0.264. The SMILES string of the molecule is CCN=C(NCC)Nc1ccc(NC(=O)c2ccc(C(=O)Nc3ccc(NC(=NCC)NCC)cc3)cc2)cc1.Cl. The van der Waals surface area contributed by atoms with Gasteiger partial charge in [0.05, 0.1) is 0 Å². The summed E-state index contributed by atoms with van der Waals surface area (Å²) in [5.41, 5.74) is 3.93. The molecule has 10 nitrogen and oxygen atoms in total. The van der Waals surface area contributed by atoms with E-state index < -0.39 is 0 Å². The predicted molar refractivity (Wildman–Crippen MR) is 173 cm³/mol. The first-order valence-corrected chi connectivity index (χ1v) is 13.5. The number of anilines is 4. The Balaban J connectivity index is 0.00000588. The molecule has 3 aromatic rings.